The predicted molar refractivity (Wildman–Crippen MR) is 82.2 cm³/mol. The molecule has 0 bridgehead atoms. The van der Waals surface area contributed by atoms with Crippen molar-refractivity contribution in [2.75, 3.05) is 27.5 Å². The molecule has 0 fully saturated rings. The van der Waals surface area contributed by atoms with Gasteiger partial charge < -0.3 is 9.88 Å². The largest absolute Gasteiger partial charge is 0.361 e. The number of nitrogens with zero attached hydrogens (tertiary/aromatic N) is 1. The first kappa shape index (κ1) is 7.59. The molecule has 20 heavy (non-hydrogen) atoms. The lowest BCUT2D eigenvalue weighted by Crippen LogP contribution is -2.20. The van der Waals surface area contributed by atoms with Crippen LogP contribution in [0.1, 0.15) is 19.4 Å². The quantitative estimate of drug-likeness (QED) is 0.846. The van der Waals surface area contributed by atoms with Gasteiger partial charge in [-0.3, -0.25) is 0 Å². The fourth-order valence-electron chi connectivity index (χ4n) is 1.99. The third kappa shape index (κ3) is 3.59. The molecule has 1 aromatic heterocycles. The zero-order valence-electron chi connectivity index (χ0n) is 19.0. The maximum atomic E-state index is 12.2. The summed E-state index contributed by atoms with van der Waals surface area (Å²) in [5.41, 5.74) is 1.44. The fraction of sp³-hybridized carbons (Fsp3) is 0.429. The van der Waals surface area contributed by atoms with E-state index in [1.807, 2.05) is 0 Å². The van der Waals surface area contributed by atoms with Crippen LogP contribution in [-0.4, -0.2) is 45.8 Å². The Bertz CT molecular complexity index is 952. The lowest BCUT2D eigenvalue weighted by atomic mass is 10.1. The summed E-state index contributed by atoms with van der Waals surface area (Å²) < 4.78 is 82.6. The minimum absolute atomic E-state index is 0.206. The molecule has 0 saturated heterocycles. The van der Waals surface area contributed by atoms with Crippen molar-refractivity contribution >= 4 is 20.9 Å². The van der Waals surface area contributed by atoms with Crippen LogP contribution in [0.4, 0.5) is 0 Å². The smallest absolute Gasteiger partial charge is 0.215 e. The van der Waals surface area contributed by atoms with Crippen LogP contribution in [0.5, 0.6) is 0 Å². The Morgan fingerprint density at radius 1 is 1.55 bits per heavy atom. The van der Waals surface area contributed by atoms with Gasteiger partial charge in [0.1, 0.15) is 1.41 Å². The van der Waals surface area contributed by atoms with Gasteiger partial charge in [0.2, 0.25) is 10.0 Å². The van der Waals surface area contributed by atoms with E-state index < -0.39 is 29.7 Å². The lowest BCUT2D eigenvalue weighted by Gasteiger charge is -2.08. The van der Waals surface area contributed by atoms with E-state index in [0.717, 1.165) is 4.98 Å². The van der Waals surface area contributed by atoms with Crippen LogP contribution in [0.15, 0.2) is 24.4 Å². The molecule has 1 aromatic carbocycles. The highest BCUT2D eigenvalue weighted by atomic mass is 32.2. The number of nitrogens with one attached hydrogen (secondary N) is 2. The van der Waals surface area contributed by atoms with Crippen LogP contribution in [0.25, 0.3) is 10.9 Å². The van der Waals surface area contributed by atoms with Crippen molar-refractivity contribution in [1.29, 1.82) is 0 Å². The zero-order chi connectivity index (χ0) is 21.5. The second-order valence-electron chi connectivity index (χ2n) is 4.62. The van der Waals surface area contributed by atoms with Crippen LogP contribution in [-0.2, 0) is 22.2 Å². The number of likely N-dealkylation sites (N-methyl/N-ethyl adjacent to an activating group) is 1. The van der Waals surface area contributed by atoms with Crippen molar-refractivity contribution in [2.45, 2.75) is 12.2 Å². The van der Waals surface area contributed by atoms with E-state index in [4.69, 9.17) is 11.0 Å². The van der Waals surface area contributed by atoms with E-state index in [1.54, 1.807) is 0 Å². The van der Waals surface area contributed by atoms with Gasteiger partial charge in [0, 0.05) is 31.9 Å². The minimum Gasteiger partial charge on any atom is -0.361 e. The van der Waals surface area contributed by atoms with Crippen molar-refractivity contribution in [3.05, 3.63) is 35.5 Å². The van der Waals surface area contributed by atoms with Gasteiger partial charge in [0.15, 0.2) is 1.41 Å². The molecule has 2 N–H and O–H groups in total. The third-order valence-electron chi connectivity index (χ3n) is 2.97. The molecule has 0 amide bonds. The van der Waals surface area contributed by atoms with E-state index in [9.17, 15) is 8.42 Å². The van der Waals surface area contributed by atoms with E-state index in [2.05, 4.69) is 0 Å². The van der Waals surface area contributed by atoms with Gasteiger partial charge in [0.05, 0.1) is 5.75 Å². The van der Waals surface area contributed by atoms with Gasteiger partial charge in [-0.1, -0.05) is 6.07 Å². The van der Waals surface area contributed by atoms with Crippen LogP contribution in [0, 0.1) is 0 Å². The van der Waals surface area contributed by atoms with Gasteiger partial charge in [-0.05, 0) is 50.7 Å². The number of rotatable bonds is 6. The number of sulfonamides is 1. The Labute approximate surface area is 131 Å². The molecule has 0 unspecified atom stereocenters. The molecule has 0 radical (unpaired) electrons. The zero-order valence-corrected chi connectivity index (χ0v) is 11.8. The van der Waals surface area contributed by atoms with Crippen molar-refractivity contribution in [2.24, 2.45) is 0 Å². The summed E-state index contributed by atoms with van der Waals surface area (Å²) in [6, 6.07) is 4.51. The number of benzene rings is 1. The number of fused-ring (bicyclic) bond motifs is 1. The third-order valence-corrected chi connectivity index (χ3v) is 3.95. The Hall–Kier alpha value is -1.37. The summed E-state index contributed by atoms with van der Waals surface area (Å²) in [7, 11) is -2.93. The van der Waals surface area contributed by atoms with E-state index in [0.29, 0.717) is 22.9 Å². The molecule has 0 atom stereocenters. The standard InChI is InChI=1S/C14H21N3O2S/c1-15-20(18,19)10-11-4-5-14-13(8-11)12(9-16-14)6-7-17(2)3/h4-5,8-9,15-16H,6-7,10H2,1-3H3/i1D3,2D3/hD2. The normalized spacial score (nSPS) is 19.8. The summed E-state index contributed by atoms with van der Waals surface area (Å²) in [6.07, 6.45) is 1.85. The maximum Gasteiger partial charge on any atom is 0.215 e. The molecule has 0 aliphatic carbocycles. The highest BCUT2D eigenvalue weighted by Crippen LogP contribution is 2.21. The second kappa shape index (κ2) is 5.95. The van der Waals surface area contributed by atoms with Crippen LogP contribution in [0.2, 0.25) is 2.82 Å². The van der Waals surface area contributed by atoms with Crippen molar-refractivity contribution in [3.8, 4) is 0 Å². The lowest BCUT2D eigenvalue weighted by molar-refractivity contribution is 0.414. The first-order chi connectivity index (χ1) is 12.6. The van der Waals surface area contributed by atoms with Crippen LogP contribution in [0.3, 0.4) is 0 Å². The van der Waals surface area contributed by atoms with Gasteiger partial charge >= 0.3 is 0 Å². The summed E-state index contributed by atoms with van der Waals surface area (Å²) in [4.78, 5) is 2.31. The van der Waals surface area contributed by atoms with Gasteiger partial charge in [-0.25, -0.2) is 13.1 Å². The molecule has 1 heterocycles. The van der Waals surface area contributed by atoms with Gasteiger partial charge in [-0.15, -0.1) is 0 Å². The van der Waals surface area contributed by atoms with E-state index in [-0.39, 0.29) is 16.8 Å². The molecule has 110 valence electrons. The Kier molecular flexibility index (Phi) is 2.26. The topological polar surface area (TPSA) is 65.2 Å². The summed E-state index contributed by atoms with van der Waals surface area (Å²) >= 11 is 0. The summed E-state index contributed by atoms with van der Waals surface area (Å²) in [5, 5.41) is 0.576. The van der Waals surface area contributed by atoms with Crippen LogP contribution < -0.4 is 4.72 Å². The Balaban J connectivity index is 2.32. The molecule has 6 heteroatoms. The van der Waals surface area contributed by atoms with E-state index >= 15 is 0 Å². The monoisotopic (exact) mass is 303 g/mol. The SMILES string of the molecule is [2H]N(C([2H])([2H])[2H])S(=O)(=O)Cc1ccc2c(c1)c(CCN(C)C([2H])([2H])[2H])cn2[2H]. The van der Waals surface area contributed by atoms with Crippen molar-refractivity contribution < 1.29 is 19.5 Å². The molecule has 0 spiro atoms. The number of aromatic amines is 1. The number of hydrogen-bond acceptors (Lipinski definition) is 3. The van der Waals surface area contributed by atoms with Crippen LogP contribution >= 0.6 is 0 Å². The van der Waals surface area contributed by atoms with Gasteiger partial charge in [0.25, 0.3) is 0 Å². The molecule has 5 nitrogen and oxygen atoms in total. The van der Waals surface area contributed by atoms with Crippen molar-refractivity contribution in [1.82, 2.24) is 14.6 Å². The second-order valence-corrected chi connectivity index (χ2v) is 6.26. The van der Waals surface area contributed by atoms with E-state index in [1.165, 1.54) is 36.3 Å². The highest BCUT2D eigenvalue weighted by Gasteiger charge is 2.11. The average molecular weight is 303 g/mol. The Morgan fingerprint density at radius 2 is 2.40 bits per heavy atom. The summed E-state index contributed by atoms with van der Waals surface area (Å²) in [5.74, 6) is -0.678. The van der Waals surface area contributed by atoms with Crippen molar-refractivity contribution in [3.63, 3.8) is 0 Å². The minimum atomic E-state index is -4.39. The predicted octanol–water partition coefficient (Wildman–Crippen LogP) is 1.32. The highest BCUT2D eigenvalue weighted by molar-refractivity contribution is 7.88. The van der Waals surface area contributed by atoms with Gasteiger partial charge in [-0.2, -0.15) is 0 Å². The molecule has 0 aliphatic heterocycles. The number of H-pyrrole nitrogens is 1. The molecular formula is C14H21N3O2S. The fourth-order valence-corrected chi connectivity index (χ4v) is 2.66. The molecule has 0 saturated carbocycles. The number of aromatic nitrogens is 1. The molecule has 2 rings (SSSR count). The molecular weight excluding hydrogens is 274 g/mol. The Morgan fingerprint density at radius 3 is 3.15 bits per heavy atom. The number of hydrogen-bond donors (Lipinski definition) is 2. The first-order valence-corrected chi connectivity index (χ1v) is 7.59. The molecule has 2 aromatic rings. The first-order valence-electron chi connectivity index (χ1n) is 9.88. The summed E-state index contributed by atoms with van der Waals surface area (Å²) in [6.45, 7) is -5.14. The molecule has 0 aliphatic rings. The average Bonchev–Trinajstić information content (AvgIpc) is 2.85. The maximum absolute atomic E-state index is 12.2.